The molecule has 0 aliphatic carbocycles. The zero-order valence-corrected chi connectivity index (χ0v) is 24.8. The minimum atomic E-state index is 0.563. The molecule has 0 aliphatic rings. The molecule has 0 unspecified atom stereocenters. The number of rotatable bonds is 8. The fourth-order valence-electron chi connectivity index (χ4n) is 3.70. The molecule has 5 rings (SSSR count). The van der Waals surface area contributed by atoms with Crippen LogP contribution < -0.4 is 0 Å². The molecule has 0 radical (unpaired) electrons. The van der Waals surface area contributed by atoms with Gasteiger partial charge in [-0.05, 0) is 72.9 Å². The zero-order chi connectivity index (χ0) is 29.3. The van der Waals surface area contributed by atoms with Crippen LogP contribution in [0, 0.1) is 0 Å². The smallest absolute Gasteiger partial charge is 0.0894 e. The lowest BCUT2D eigenvalue weighted by Gasteiger charge is -2.08. The summed E-state index contributed by atoms with van der Waals surface area (Å²) in [4.78, 5) is 26.6. The topological polar surface area (TPSA) is 77.3 Å². The van der Waals surface area contributed by atoms with E-state index in [0.29, 0.717) is 42.9 Å². The van der Waals surface area contributed by atoms with E-state index in [1.54, 1.807) is 73.8 Å². The largest absolute Gasteiger partial charge is 0.264 e. The van der Waals surface area contributed by atoms with Crippen molar-refractivity contribution in [1.29, 1.82) is 0 Å². The maximum Gasteiger partial charge on any atom is 0.0894 e. The van der Waals surface area contributed by atoms with E-state index in [9.17, 15) is 0 Å². The van der Waals surface area contributed by atoms with Gasteiger partial charge in [0, 0.05) is 71.8 Å². The van der Waals surface area contributed by atoms with E-state index in [2.05, 4.69) is 19.9 Å². The highest BCUT2D eigenvalue weighted by Gasteiger charge is 2.10. The zero-order valence-electron chi connectivity index (χ0n) is 21.7. The minimum Gasteiger partial charge on any atom is -0.264 e. The number of hydrogen-bond donors (Lipinski definition) is 0. The molecule has 0 spiro atoms. The van der Waals surface area contributed by atoms with Crippen LogP contribution in [0.3, 0.4) is 0 Å². The molecule has 206 valence electrons. The van der Waals surface area contributed by atoms with Crippen molar-refractivity contribution in [2.75, 3.05) is 0 Å². The van der Waals surface area contributed by atoms with E-state index in [4.69, 9.17) is 56.4 Å². The van der Waals surface area contributed by atoms with Crippen LogP contribution in [0.25, 0.3) is 48.6 Å². The van der Waals surface area contributed by atoms with E-state index >= 15 is 0 Å². The molecular formula is C32H20Cl4N6. The molecule has 6 nitrogen and oxygen atoms in total. The van der Waals surface area contributed by atoms with Gasteiger partial charge in [0.05, 0.1) is 42.9 Å². The molecule has 5 aromatic heterocycles. The van der Waals surface area contributed by atoms with E-state index in [-0.39, 0.29) is 0 Å². The molecule has 42 heavy (non-hydrogen) atoms. The summed E-state index contributed by atoms with van der Waals surface area (Å²) in [5, 5.41) is 2.25. The molecule has 0 aromatic carbocycles. The highest BCUT2D eigenvalue weighted by Crippen LogP contribution is 2.24. The number of pyridine rings is 4. The third kappa shape index (κ3) is 7.55. The van der Waals surface area contributed by atoms with Crippen LogP contribution in [0.5, 0.6) is 0 Å². The third-order valence-electron chi connectivity index (χ3n) is 5.88. The first-order chi connectivity index (χ1) is 20.5. The first-order valence-electron chi connectivity index (χ1n) is 12.5. The maximum absolute atomic E-state index is 6.37. The Kier molecular flexibility index (Phi) is 9.85. The van der Waals surface area contributed by atoms with Crippen molar-refractivity contribution in [3.8, 4) is 0 Å². The fraction of sp³-hybridized carbons (Fsp3) is 0. The Labute approximate surface area is 262 Å². The van der Waals surface area contributed by atoms with Crippen molar-refractivity contribution in [2.45, 2.75) is 0 Å². The lowest BCUT2D eigenvalue weighted by atomic mass is 10.1. The summed E-state index contributed by atoms with van der Waals surface area (Å²) in [6, 6.07) is 6.89. The van der Waals surface area contributed by atoms with E-state index in [1.165, 1.54) is 0 Å². The van der Waals surface area contributed by atoms with E-state index < -0.39 is 0 Å². The summed E-state index contributed by atoms with van der Waals surface area (Å²) in [7, 11) is 0. The normalized spacial score (nSPS) is 11.9. The lowest BCUT2D eigenvalue weighted by Crippen LogP contribution is -2.00. The SMILES string of the molecule is Clc1ccncc1C=Cc1nc(C=Cc2cnccc2Cl)c(C=Cc2cnccc2Cl)nc1C=Cc1cnccc1Cl. The van der Waals surface area contributed by atoms with Gasteiger partial charge in [0.2, 0.25) is 0 Å². The molecule has 0 atom stereocenters. The molecule has 0 amide bonds. The summed E-state index contributed by atoms with van der Waals surface area (Å²) in [6.07, 6.45) is 27.9. The Morgan fingerprint density at radius 2 is 0.595 bits per heavy atom. The van der Waals surface area contributed by atoms with Crippen LogP contribution in [0.4, 0.5) is 0 Å². The molecule has 5 heterocycles. The number of aromatic nitrogens is 6. The quantitative estimate of drug-likeness (QED) is 0.170. The molecule has 0 saturated carbocycles. The molecule has 0 saturated heterocycles. The molecular weight excluding hydrogens is 610 g/mol. The van der Waals surface area contributed by atoms with E-state index in [1.807, 2.05) is 48.6 Å². The molecule has 0 N–H and O–H groups in total. The Morgan fingerprint density at radius 1 is 0.357 bits per heavy atom. The predicted octanol–water partition coefficient (Wildman–Crippen LogP) is 9.35. The van der Waals surface area contributed by atoms with Crippen molar-refractivity contribution in [2.24, 2.45) is 0 Å². The van der Waals surface area contributed by atoms with Crippen molar-refractivity contribution in [1.82, 2.24) is 29.9 Å². The first kappa shape index (κ1) is 29.3. The molecule has 0 bridgehead atoms. The Balaban J connectivity index is 1.66. The third-order valence-corrected chi connectivity index (χ3v) is 7.25. The Bertz CT molecular complexity index is 1590. The van der Waals surface area contributed by atoms with Gasteiger partial charge in [-0.1, -0.05) is 46.4 Å². The summed E-state index contributed by atoms with van der Waals surface area (Å²) >= 11 is 25.5. The average molecular weight is 630 g/mol. The van der Waals surface area contributed by atoms with Crippen LogP contribution in [-0.2, 0) is 0 Å². The van der Waals surface area contributed by atoms with E-state index in [0.717, 1.165) is 22.3 Å². The summed E-state index contributed by atoms with van der Waals surface area (Å²) in [6.45, 7) is 0. The highest BCUT2D eigenvalue weighted by molar-refractivity contribution is 6.33. The first-order valence-corrected chi connectivity index (χ1v) is 14.0. The van der Waals surface area contributed by atoms with Gasteiger partial charge in [-0.3, -0.25) is 19.9 Å². The predicted molar refractivity (Wildman–Crippen MR) is 175 cm³/mol. The van der Waals surface area contributed by atoms with Gasteiger partial charge in [-0.2, -0.15) is 0 Å². The molecule has 0 fully saturated rings. The van der Waals surface area contributed by atoms with Crippen LogP contribution in [0.2, 0.25) is 20.1 Å². The second kappa shape index (κ2) is 14.1. The maximum atomic E-state index is 6.37. The van der Waals surface area contributed by atoms with Crippen molar-refractivity contribution < 1.29 is 0 Å². The fourth-order valence-corrected chi connectivity index (χ4v) is 4.38. The standard InChI is InChI=1S/C32H20Cl4N6/c33-25-9-13-37-17-21(25)1-5-29-30(6-2-22-18-38-14-10-26(22)34)42-32(8-4-24-20-40-16-12-28(24)36)31(41-29)7-3-23-19-39-15-11-27(23)35/h1-20H. The van der Waals surface area contributed by atoms with Crippen molar-refractivity contribution in [3.63, 3.8) is 0 Å². The Morgan fingerprint density at radius 3 is 0.810 bits per heavy atom. The number of nitrogens with zero attached hydrogens (tertiary/aromatic N) is 6. The molecule has 10 heteroatoms. The van der Waals surface area contributed by atoms with Crippen LogP contribution in [0.15, 0.2) is 73.8 Å². The lowest BCUT2D eigenvalue weighted by molar-refractivity contribution is 1.12. The second-order valence-corrected chi connectivity index (χ2v) is 10.3. The number of halogens is 4. The monoisotopic (exact) mass is 628 g/mol. The van der Waals surface area contributed by atoms with Crippen molar-refractivity contribution in [3.05, 3.63) is 139 Å². The average Bonchev–Trinajstić information content (AvgIpc) is 3.00. The minimum absolute atomic E-state index is 0.563. The summed E-state index contributed by atoms with van der Waals surface area (Å²) < 4.78 is 0. The van der Waals surface area contributed by atoms with Gasteiger partial charge < -0.3 is 0 Å². The van der Waals surface area contributed by atoms with Gasteiger partial charge in [0.25, 0.3) is 0 Å². The van der Waals surface area contributed by atoms with Crippen LogP contribution in [-0.4, -0.2) is 29.9 Å². The van der Waals surface area contributed by atoms with Gasteiger partial charge in [0.1, 0.15) is 0 Å². The highest BCUT2D eigenvalue weighted by atomic mass is 35.5. The van der Waals surface area contributed by atoms with Gasteiger partial charge >= 0.3 is 0 Å². The Hall–Kier alpha value is -4.20. The van der Waals surface area contributed by atoms with Gasteiger partial charge in [0.15, 0.2) is 0 Å². The van der Waals surface area contributed by atoms with Crippen molar-refractivity contribution >= 4 is 95.0 Å². The van der Waals surface area contributed by atoms with Gasteiger partial charge in [-0.25, -0.2) is 9.97 Å². The van der Waals surface area contributed by atoms with Gasteiger partial charge in [-0.15, -0.1) is 0 Å². The number of hydrogen-bond acceptors (Lipinski definition) is 6. The van der Waals surface area contributed by atoms with Crippen LogP contribution >= 0.6 is 46.4 Å². The summed E-state index contributed by atoms with van der Waals surface area (Å²) in [5.41, 5.74) is 5.28. The molecule has 5 aromatic rings. The second-order valence-electron chi connectivity index (χ2n) is 8.69. The van der Waals surface area contributed by atoms with Crippen LogP contribution in [0.1, 0.15) is 45.0 Å². The summed E-state index contributed by atoms with van der Waals surface area (Å²) in [5.74, 6) is 0. The molecule has 0 aliphatic heterocycles.